The molecule has 0 spiro atoms. The molecule has 2 amide bonds. The average molecular weight is 268 g/mol. The molecule has 1 aliphatic rings. The molecule has 0 bridgehead atoms. The third-order valence-corrected chi connectivity index (χ3v) is 3.33. The van der Waals surface area contributed by atoms with Gasteiger partial charge in [0.05, 0.1) is 17.1 Å². The average Bonchev–Trinajstić information content (AvgIpc) is 3.07. The zero-order valence-electron chi connectivity index (χ0n) is 9.43. The third kappa shape index (κ3) is 3.30. The Kier molecular flexibility index (Phi) is 3.61. The van der Waals surface area contributed by atoms with Crippen LogP contribution in [-0.4, -0.2) is 29.4 Å². The van der Waals surface area contributed by atoms with Crippen LogP contribution in [0.25, 0.3) is 0 Å². The molecule has 0 aliphatic heterocycles. The van der Waals surface area contributed by atoms with Crippen LogP contribution in [0.5, 0.6) is 0 Å². The van der Waals surface area contributed by atoms with E-state index in [1.54, 1.807) is 0 Å². The zero-order valence-corrected chi connectivity index (χ0v) is 10.3. The molecule has 96 valence electrons. The van der Waals surface area contributed by atoms with Crippen molar-refractivity contribution in [1.82, 2.24) is 5.32 Å². The van der Waals surface area contributed by atoms with Crippen molar-refractivity contribution in [2.24, 2.45) is 5.92 Å². The van der Waals surface area contributed by atoms with Gasteiger partial charge < -0.3 is 15.7 Å². The van der Waals surface area contributed by atoms with E-state index < -0.39 is 5.97 Å². The van der Waals surface area contributed by atoms with Crippen LogP contribution in [0.3, 0.4) is 0 Å². The number of carboxylic acids is 1. The Labute approximate surface area is 107 Å². The number of carboxylic acid groups (broad SMARTS) is 1. The molecule has 0 radical (unpaired) electrons. The maximum atomic E-state index is 11.5. The van der Waals surface area contributed by atoms with Crippen molar-refractivity contribution >= 4 is 34.1 Å². The lowest BCUT2D eigenvalue weighted by molar-refractivity contribution is -0.125. The quantitative estimate of drug-likeness (QED) is 0.739. The second kappa shape index (κ2) is 5.18. The van der Waals surface area contributed by atoms with E-state index in [2.05, 4.69) is 10.6 Å². The van der Waals surface area contributed by atoms with Gasteiger partial charge in [-0.3, -0.25) is 9.59 Å². The van der Waals surface area contributed by atoms with Gasteiger partial charge >= 0.3 is 5.97 Å². The summed E-state index contributed by atoms with van der Waals surface area (Å²) in [4.78, 5) is 33.4. The number of thiophene rings is 1. The minimum absolute atomic E-state index is 0.0677. The van der Waals surface area contributed by atoms with Crippen molar-refractivity contribution in [3.8, 4) is 0 Å². The topological polar surface area (TPSA) is 95.5 Å². The monoisotopic (exact) mass is 268 g/mol. The van der Waals surface area contributed by atoms with Gasteiger partial charge in [0.1, 0.15) is 0 Å². The second-order valence-corrected chi connectivity index (χ2v) is 4.96. The number of carbonyl (C=O) groups excluding carboxylic acids is 2. The molecular weight excluding hydrogens is 256 g/mol. The van der Waals surface area contributed by atoms with Crippen molar-refractivity contribution in [2.75, 3.05) is 11.9 Å². The molecule has 0 aromatic carbocycles. The molecule has 1 aliphatic carbocycles. The molecule has 0 atom stereocenters. The Hall–Kier alpha value is -1.89. The Morgan fingerprint density at radius 2 is 2.11 bits per heavy atom. The lowest BCUT2D eigenvalue weighted by Crippen LogP contribution is -2.33. The number of hydrogen-bond acceptors (Lipinski definition) is 4. The summed E-state index contributed by atoms with van der Waals surface area (Å²) in [6.07, 6.45) is 1.78. The summed E-state index contributed by atoms with van der Waals surface area (Å²) in [5.41, 5.74) is 0.136. The molecule has 1 heterocycles. The lowest BCUT2D eigenvalue weighted by atomic mass is 10.3. The van der Waals surface area contributed by atoms with Crippen molar-refractivity contribution in [3.63, 3.8) is 0 Å². The number of nitrogens with one attached hydrogen (secondary N) is 2. The Balaban J connectivity index is 1.78. The molecule has 1 aromatic rings. The molecule has 2 rings (SSSR count). The maximum absolute atomic E-state index is 11.5. The number of carbonyl (C=O) groups is 3. The highest BCUT2D eigenvalue weighted by Crippen LogP contribution is 2.28. The van der Waals surface area contributed by atoms with Crippen LogP contribution in [0.4, 0.5) is 5.00 Å². The van der Waals surface area contributed by atoms with Crippen molar-refractivity contribution in [3.05, 3.63) is 17.0 Å². The summed E-state index contributed by atoms with van der Waals surface area (Å²) in [6.45, 7) is -0.0877. The SMILES string of the molecule is O=C(CNC(=O)C1CC1)Nc1cc(C(=O)O)cs1. The molecule has 18 heavy (non-hydrogen) atoms. The molecule has 1 fully saturated rings. The third-order valence-electron chi connectivity index (χ3n) is 2.48. The van der Waals surface area contributed by atoms with Gasteiger partial charge in [-0.1, -0.05) is 0 Å². The highest BCUT2D eigenvalue weighted by atomic mass is 32.1. The number of aromatic carboxylic acids is 1. The van der Waals surface area contributed by atoms with E-state index >= 15 is 0 Å². The van der Waals surface area contributed by atoms with Crippen LogP contribution in [0.2, 0.25) is 0 Å². The minimum Gasteiger partial charge on any atom is -0.478 e. The fraction of sp³-hybridized carbons (Fsp3) is 0.364. The first-order valence-electron chi connectivity index (χ1n) is 5.45. The summed E-state index contributed by atoms with van der Waals surface area (Å²) in [5, 5.41) is 15.7. The fourth-order valence-electron chi connectivity index (χ4n) is 1.35. The Morgan fingerprint density at radius 1 is 1.39 bits per heavy atom. The predicted octanol–water partition coefficient (Wildman–Crippen LogP) is 0.911. The number of amides is 2. The Morgan fingerprint density at radius 3 is 2.67 bits per heavy atom. The predicted molar refractivity (Wildman–Crippen MR) is 65.6 cm³/mol. The molecular formula is C11H12N2O4S. The van der Waals surface area contributed by atoms with E-state index in [0.717, 1.165) is 24.2 Å². The van der Waals surface area contributed by atoms with Gasteiger partial charge in [-0.05, 0) is 18.9 Å². The van der Waals surface area contributed by atoms with Gasteiger partial charge in [0.15, 0.2) is 0 Å². The smallest absolute Gasteiger partial charge is 0.336 e. The molecule has 6 nitrogen and oxygen atoms in total. The molecule has 7 heteroatoms. The largest absolute Gasteiger partial charge is 0.478 e. The summed E-state index contributed by atoms with van der Waals surface area (Å²) in [5.74, 6) is -1.42. The summed E-state index contributed by atoms with van der Waals surface area (Å²) < 4.78 is 0. The first kappa shape index (κ1) is 12.6. The molecule has 0 saturated heterocycles. The maximum Gasteiger partial charge on any atom is 0.336 e. The van der Waals surface area contributed by atoms with E-state index in [9.17, 15) is 14.4 Å². The Bertz CT molecular complexity index is 493. The minimum atomic E-state index is -1.03. The highest BCUT2D eigenvalue weighted by molar-refractivity contribution is 7.14. The van der Waals surface area contributed by atoms with Gasteiger partial charge in [0, 0.05) is 11.3 Å². The summed E-state index contributed by atoms with van der Waals surface area (Å²) in [7, 11) is 0. The van der Waals surface area contributed by atoms with Crippen molar-refractivity contribution in [2.45, 2.75) is 12.8 Å². The molecule has 1 saturated carbocycles. The van der Waals surface area contributed by atoms with Crippen LogP contribution in [0, 0.1) is 5.92 Å². The van der Waals surface area contributed by atoms with E-state index in [0.29, 0.717) is 5.00 Å². The fourth-order valence-corrected chi connectivity index (χ4v) is 2.14. The summed E-state index contributed by atoms with van der Waals surface area (Å²) in [6, 6.07) is 1.38. The van der Waals surface area contributed by atoms with Crippen LogP contribution < -0.4 is 10.6 Å². The van der Waals surface area contributed by atoms with E-state index in [1.165, 1.54) is 11.4 Å². The van der Waals surface area contributed by atoms with Gasteiger partial charge in [-0.15, -0.1) is 11.3 Å². The standard InChI is InChI=1S/C11H12N2O4S/c14-8(4-12-10(15)6-1-2-6)13-9-3-7(5-18-9)11(16)17/h3,5-6H,1-2,4H2,(H,12,15)(H,13,14)(H,16,17). The van der Waals surface area contributed by atoms with Crippen LogP contribution in [0.15, 0.2) is 11.4 Å². The number of rotatable bonds is 5. The van der Waals surface area contributed by atoms with E-state index in [1.807, 2.05) is 0 Å². The number of hydrogen-bond donors (Lipinski definition) is 3. The second-order valence-electron chi connectivity index (χ2n) is 4.05. The van der Waals surface area contributed by atoms with E-state index in [4.69, 9.17) is 5.11 Å². The van der Waals surface area contributed by atoms with Crippen molar-refractivity contribution < 1.29 is 19.5 Å². The zero-order chi connectivity index (χ0) is 13.1. The van der Waals surface area contributed by atoms with Gasteiger partial charge in [-0.2, -0.15) is 0 Å². The van der Waals surface area contributed by atoms with Crippen LogP contribution in [-0.2, 0) is 9.59 Å². The number of anilines is 1. The van der Waals surface area contributed by atoms with Gasteiger partial charge in [0.2, 0.25) is 11.8 Å². The van der Waals surface area contributed by atoms with Gasteiger partial charge in [0.25, 0.3) is 0 Å². The molecule has 0 unspecified atom stereocenters. The first-order valence-corrected chi connectivity index (χ1v) is 6.33. The van der Waals surface area contributed by atoms with Crippen LogP contribution >= 0.6 is 11.3 Å². The van der Waals surface area contributed by atoms with Crippen molar-refractivity contribution in [1.29, 1.82) is 0 Å². The highest BCUT2D eigenvalue weighted by Gasteiger charge is 2.29. The summed E-state index contributed by atoms with van der Waals surface area (Å²) >= 11 is 1.13. The first-order chi connectivity index (χ1) is 8.56. The van der Waals surface area contributed by atoms with E-state index in [-0.39, 0.29) is 29.8 Å². The molecule has 3 N–H and O–H groups in total. The lowest BCUT2D eigenvalue weighted by Gasteiger charge is -2.04. The molecule has 1 aromatic heterocycles. The normalized spacial score (nSPS) is 14.0. The van der Waals surface area contributed by atoms with Crippen LogP contribution in [0.1, 0.15) is 23.2 Å². The van der Waals surface area contributed by atoms with Gasteiger partial charge in [-0.25, -0.2) is 4.79 Å².